The van der Waals surface area contributed by atoms with Crippen LogP contribution in [0.5, 0.6) is 5.75 Å². The second kappa shape index (κ2) is 8.23. The molecule has 0 saturated heterocycles. The van der Waals surface area contributed by atoms with Crippen LogP contribution in [0.2, 0.25) is 0 Å². The van der Waals surface area contributed by atoms with Gasteiger partial charge in [-0.2, -0.15) is 0 Å². The number of ether oxygens (including phenoxy) is 1. The van der Waals surface area contributed by atoms with Gasteiger partial charge in [0.2, 0.25) is 0 Å². The highest BCUT2D eigenvalue weighted by Gasteiger charge is 2.49. The van der Waals surface area contributed by atoms with Crippen LogP contribution in [0.1, 0.15) is 43.2 Å². The van der Waals surface area contributed by atoms with E-state index in [1.807, 2.05) is 12.1 Å². The van der Waals surface area contributed by atoms with Crippen LogP contribution in [0.15, 0.2) is 52.4 Å². The van der Waals surface area contributed by atoms with Crippen molar-refractivity contribution in [2.24, 2.45) is 9.98 Å². The lowest BCUT2D eigenvalue weighted by atomic mass is 9.79. The second-order valence-electron chi connectivity index (χ2n) is 7.90. The van der Waals surface area contributed by atoms with E-state index in [0.29, 0.717) is 0 Å². The van der Waals surface area contributed by atoms with Crippen LogP contribution >= 0.6 is 11.8 Å². The molecule has 152 valence electrons. The van der Waals surface area contributed by atoms with Crippen molar-refractivity contribution in [3.05, 3.63) is 53.6 Å². The molecule has 2 aromatic rings. The number of nitrogens with zero attached hydrogens (tertiary/aromatic N) is 3. The number of para-hydroxylation sites is 1. The van der Waals surface area contributed by atoms with Gasteiger partial charge >= 0.3 is 0 Å². The summed E-state index contributed by atoms with van der Waals surface area (Å²) in [6.07, 6.45) is 7.95. The Morgan fingerprint density at radius 2 is 1.66 bits per heavy atom. The van der Waals surface area contributed by atoms with E-state index in [9.17, 15) is 0 Å². The number of thioether (sulfide) groups is 1. The molecule has 2 aliphatic rings. The standard InChI is InChI=1S/C24H29N3OS/c1-17-9-8-10-18(2)21(17)25-22-24(15-6-5-7-16-24)27(23(26-22)29-4)19-11-13-20(28-3)14-12-19/h8-14H,5-7,15-16H2,1-4H3. The number of benzene rings is 2. The molecule has 2 aromatic carbocycles. The Morgan fingerprint density at radius 3 is 2.24 bits per heavy atom. The summed E-state index contributed by atoms with van der Waals surface area (Å²) in [5, 5.41) is 1.03. The third kappa shape index (κ3) is 3.57. The average molecular weight is 408 g/mol. The summed E-state index contributed by atoms with van der Waals surface area (Å²) < 4.78 is 5.37. The fraction of sp³-hybridized carbons (Fsp3) is 0.417. The van der Waals surface area contributed by atoms with Crippen molar-refractivity contribution in [2.75, 3.05) is 18.3 Å². The third-order valence-corrected chi connectivity index (χ3v) is 6.73. The largest absolute Gasteiger partial charge is 0.497 e. The number of amidine groups is 2. The van der Waals surface area contributed by atoms with Gasteiger partial charge in [0, 0.05) is 5.69 Å². The summed E-state index contributed by atoms with van der Waals surface area (Å²) in [6.45, 7) is 4.27. The van der Waals surface area contributed by atoms with Gasteiger partial charge in [-0.05, 0) is 68.3 Å². The molecule has 0 amide bonds. The van der Waals surface area contributed by atoms with Crippen LogP contribution in [0.3, 0.4) is 0 Å². The zero-order valence-corrected chi connectivity index (χ0v) is 18.6. The molecule has 5 heteroatoms. The van der Waals surface area contributed by atoms with Gasteiger partial charge in [-0.15, -0.1) is 0 Å². The molecule has 29 heavy (non-hydrogen) atoms. The highest BCUT2D eigenvalue weighted by atomic mass is 32.2. The molecule has 0 unspecified atom stereocenters. The monoisotopic (exact) mass is 407 g/mol. The van der Waals surface area contributed by atoms with Crippen LogP contribution in [-0.4, -0.2) is 29.9 Å². The normalized spacial score (nSPS) is 19.7. The van der Waals surface area contributed by atoms with E-state index in [2.05, 4.69) is 55.3 Å². The molecule has 1 fully saturated rings. The van der Waals surface area contributed by atoms with E-state index in [-0.39, 0.29) is 5.54 Å². The Bertz CT molecular complexity index is 923. The number of aryl methyl sites for hydroxylation is 2. The van der Waals surface area contributed by atoms with Crippen LogP contribution in [0, 0.1) is 13.8 Å². The second-order valence-corrected chi connectivity index (χ2v) is 8.67. The van der Waals surface area contributed by atoms with Gasteiger partial charge in [0.15, 0.2) is 11.0 Å². The van der Waals surface area contributed by atoms with E-state index in [1.54, 1.807) is 18.9 Å². The van der Waals surface area contributed by atoms with Crippen molar-refractivity contribution >= 4 is 34.1 Å². The average Bonchev–Trinajstić information content (AvgIpc) is 3.04. The first kappa shape index (κ1) is 20.0. The minimum atomic E-state index is -0.167. The highest BCUT2D eigenvalue weighted by molar-refractivity contribution is 8.13. The fourth-order valence-corrected chi connectivity index (χ4v) is 5.19. The first-order chi connectivity index (χ1) is 14.1. The lowest BCUT2D eigenvalue weighted by Crippen LogP contribution is -2.52. The Hall–Kier alpha value is -2.27. The van der Waals surface area contributed by atoms with E-state index >= 15 is 0 Å². The minimum absolute atomic E-state index is 0.167. The molecular weight excluding hydrogens is 378 g/mol. The van der Waals surface area contributed by atoms with Crippen molar-refractivity contribution < 1.29 is 4.74 Å². The summed E-state index contributed by atoms with van der Waals surface area (Å²) in [5.74, 6) is 1.84. The van der Waals surface area contributed by atoms with Crippen LogP contribution in [0.4, 0.5) is 11.4 Å². The lowest BCUT2D eigenvalue weighted by molar-refractivity contribution is 0.385. The van der Waals surface area contributed by atoms with Gasteiger partial charge in [0.1, 0.15) is 11.3 Å². The maximum atomic E-state index is 5.37. The van der Waals surface area contributed by atoms with Gasteiger partial charge in [0.05, 0.1) is 12.8 Å². The van der Waals surface area contributed by atoms with Crippen molar-refractivity contribution in [3.63, 3.8) is 0 Å². The zero-order chi connectivity index (χ0) is 20.4. The molecule has 4 nitrogen and oxygen atoms in total. The van der Waals surface area contributed by atoms with Gasteiger partial charge in [-0.25, -0.2) is 9.98 Å². The SMILES string of the molecule is COc1ccc(N2C(SC)=NC(=Nc3c(C)cccc3C)C23CCCCC3)cc1. The van der Waals surface area contributed by atoms with Gasteiger partial charge in [-0.1, -0.05) is 49.2 Å². The molecule has 0 N–H and O–H groups in total. The topological polar surface area (TPSA) is 37.2 Å². The maximum Gasteiger partial charge on any atom is 0.170 e. The fourth-order valence-electron chi connectivity index (χ4n) is 4.55. The predicted molar refractivity (Wildman–Crippen MR) is 125 cm³/mol. The molecule has 0 atom stereocenters. The maximum absolute atomic E-state index is 5.37. The highest BCUT2D eigenvalue weighted by Crippen LogP contribution is 2.45. The third-order valence-electron chi connectivity index (χ3n) is 6.09. The number of aliphatic imine (C=N–C) groups is 2. The summed E-state index contributed by atoms with van der Waals surface area (Å²) in [7, 11) is 1.71. The molecule has 0 aromatic heterocycles. The number of anilines is 1. The molecule has 0 bridgehead atoms. The summed E-state index contributed by atoms with van der Waals surface area (Å²) in [4.78, 5) is 12.7. The first-order valence-electron chi connectivity index (χ1n) is 10.3. The van der Waals surface area contributed by atoms with Gasteiger partial charge in [0.25, 0.3) is 0 Å². The van der Waals surface area contributed by atoms with Crippen molar-refractivity contribution in [1.82, 2.24) is 0 Å². The van der Waals surface area contributed by atoms with E-state index in [0.717, 1.165) is 41.0 Å². The number of hydrogen-bond acceptors (Lipinski definition) is 4. The molecule has 1 saturated carbocycles. The molecule has 1 aliphatic heterocycles. The molecular formula is C24H29N3OS. The van der Waals surface area contributed by atoms with Gasteiger partial charge in [-0.3, -0.25) is 0 Å². The molecule has 1 heterocycles. The van der Waals surface area contributed by atoms with E-state index in [4.69, 9.17) is 14.7 Å². The van der Waals surface area contributed by atoms with Crippen LogP contribution in [0.25, 0.3) is 0 Å². The molecule has 0 radical (unpaired) electrons. The number of hydrogen-bond donors (Lipinski definition) is 0. The van der Waals surface area contributed by atoms with E-state index in [1.165, 1.54) is 30.4 Å². The summed E-state index contributed by atoms with van der Waals surface area (Å²) >= 11 is 1.70. The Morgan fingerprint density at radius 1 is 1.00 bits per heavy atom. The lowest BCUT2D eigenvalue weighted by Gasteiger charge is -2.42. The van der Waals surface area contributed by atoms with Gasteiger partial charge < -0.3 is 9.64 Å². The Labute approximate surface area is 178 Å². The number of methoxy groups -OCH3 is 1. The summed E-state index contributed by atoms with van der Waals surface area (Å²) in [6, 6.07) is 14.7. The zero-order valence-electron chi connectivity index (χ0n) is 17.7. The molecule has 4 rings (SSSR count). The van der Waals surface area contributed by atoms with Crippen LogP contribution < -0.4 is 9.64 Å². The van der Waals surface area contributed by atoms with Crippen molar-refractivity contribution in [1.29, 1.82) is 0 Å². The first-order valence-corrected chi connectivity index (χ1v) is 11.5. The quantitative estimate of drug-likeness (QED) is 0.600. The summed E-state index contributed by atoms with van der Waals surface area (Å²) in [5.41, 5.74) is 4.46. The smallest absolute Gasteiger partial charge is 0.170 e. The van der Waals surface area contributed by atoms with E-state index < -0.39 is 0 Å². The Balaban J connectivity index is 1.85. The Kier molecular flexibility index (Phi) is 5.68. The van der Waals surface area contributed by atoms with Crippen LogP contribution in [-0.2, 0) is 0 Å². The van der Waals surface area contributed by atoms with Crippen molar-refractivity contribution in [2.45, 2.75) is 51.5 Å². The predicted octanol–water partition coefficient (Wildman–Crippen LogP) is 6.28. The molecule has 1 spiro atoms. The number of rotatable bonds is 3. The molecule has 1 aliphatic carbocycles. The minimum Gasteiger partial charge on any atom is -0.497 e. The van der Waals surface area contributed by atoms with Crippen molar-refractivity contribution in [3.8, 4) is 5.75 Å².